The van der Waals surface area contributed by atoms with Crippen LogP contribution in [0.5, 0.6) is 0 Å². The van der Waals surface area contributed by atoms with Crippen molar-refractivity contribution >= 4 is 27.7 Å². The van der Waals surface area contributed by atoms with Crippen LogP contribution in [-0.2, 0) is 16.1 Å². The molecule has 112 valence electrons. The molecular weight excluding hydrogens is 339 g/mol. The van der Waals surface area contributed by atoms with Crippen molar-refractivity contribution in [1.29, 1.82) is 0 Å². The highest BCUT2D eigenvalue weighted by atomic mass is 79.9. The van der Waals surface area contributed by atoms with Gasteiger partial charge in [-0.3, -0.25) is 9.59 Å². The summed E-state index contributed by atoms with van der Waals surface area (Å²) >= 11 is 3.26. The Hall–Kier alpha value is -1.43. The van der Waals surface area contributed by atoms with Crippen LogP contribution in [0.3, 0.4) is 0 Å². The van der Waals surface area contributed by atoms with E-state index >= 15 is 0 Å². The highest BCUT2D eigenvalue weighted by Crippen LogP contribution is 2.38. The Morgan fingerprint density at radius 3 is 2.62 bits per heavy atom. The molecule has 1 N–H and O–H groups in total. The summed E-state index contributed by atoms with van der Waals surface area (Å²) in [5, 5.41) is 2.69. The van der Waals surface area contributed by atoms with Gasteiger partial charge in [0, 0.05) is 11.0 Å². The standard InChI is InChI=1S/C15H16BrFN2O2/c16-11-5-10(6-12(17)7-11)9-19-13(20)8-18-14(21)15(19)3-1-2-4-15/h5-7H,1-4,8-9H2,(H,18,21). The summed E-state index contributed by atoms with van der Waals surface area (Å²) in [6.45, 7) is 0.291. The molecule has 1 aliphatic carbocycles. The Labute approximate surface area is 130 Å². The highest BCUT2D eigenvalue weighted by Gasteiger charge is 2.50. The van der Waals surface area contributed by atoms with Crippen LogP contribution >= 0.6 is 15.9 Å². The molecule has 1 saturated heterocycles. The van der Waals surface area contributed by atoms with Crippen LogP contribution in [-0.4, -0.2) is 28.8 Å². The van der Waals surface area contributed by atoms with Crippen molar-refractivity contribution in [3.63, 3.8) is 0 Å². The maximum atomic E-state index is 13.5. The molecule has 0 unspecified atom stereocenters. The molecule has 0 atom stereocenters. The lowest BCUT2D eigenvalue weighted by Gasteiger charge is -2.43. The summed E-state index contributed by atoms with van der Waals surface area (Å²) in [7, 11) is 0. The first kappa shape index (κ1) is 14.5. The second kappa shape index (κ2) is 5.40. The third-order valence-electron chi connectivity index (χ3n) is 4.33. The van der Waals surface area contributed by atoms with Gasteiger partial charge in [-0.25, -0.2) is 4.39 Å². The van der Waals surface area contributed by atoms with E-state index in [-0.39, 0.29) is 30.7 Å². The number of hydrogen-bond donors (Lipinski definition) is 1. The van der Waals surface area contributed by atoms with Gasteiger partial charge in [-0.2, -0.15) is 0 Å². The molecule has 6 heteroatoms. The molecule has 1 spiro atoms. The predicted octanol–water partition coefficient (Wildman–Crippen LogP) is 2.36. The van der Waals surface area contributed by atoms with Gasteiger partial charge < -0.3 is 10.2 Å². The molecule has 2 fully saturated rings. The topological polar surface area (TPSA) is 49.4 Å². The normalized spacial score (nSPS) is 21.0. The van der Waals surface area contributed by atoms with Crippen LogP contribution in [0.15, 0.2) is 22.7 Å². The van der Waals surface area contributed by atoms with E-state index < -0.39 is 5.54 Å². The second-order valence-electron chi connectivity index (χ2n) is 5.68. The quantitative estimate of drug-likeness (QED) is 0.886. The number of amides is 2. The first-order valence-corrected chi connectivity index (χ1v) is 7.84. The maximum Gasteiger partial charge on any atom is 0.246 e. The molecule has 2 amide bonds. The SMILES string of the molecule is O=C1CNC(=O)C2(CCCC2)N1Cc1cc(F)cc(Br)c1. The molecule has 1 aliphatic heterocycles. The zero-order valence-electron chi connectivity index (χ0n) is 11.5. The van der Waals surface area contributed by atoms with Gasteiger partial charge in [-0.05, 0) is 36.6 Å². The lowest BCUT2D eigenvalue weighted by Crippen LogP contribution is -2.65. The molecule has 1 aromatic carbocycles. The summed E-state index contributed by atoms with van der Waals surface area (Å²) in [5.41, 5.74) is -0.0510. The smallest absolute Gasteiger partial charge is 0.246 e. The van der Waals surface area contributed by atoms with Crippen molar-refractivity contribution in [1.82, 2.24) is 10.2 Å². The van der Waals surface area contributed by atoms with Crippen LogP contribution in [0.1, 0.15) is 31.2 Å². The fourth-order valence-corrected chi connectivity index (χ4v) is 3.87. The minimum Gasteiger partial charge on any atom is -0.345 e. The van der Waals surface area contributed by atoms with Gasteiger partial charge in [0.15, 0.2) is 0 Å². The van der Waals surface area contributed by atoms with Crippen LogP contribution < -0.4 is 5.32 Å². The minimum absolute atomic E-state index is 0.0249. The largest absolute Gasteiger partial charge is 0.345 e. The molecule has 0 radical (unpaired) electrons. The van der Waals surface area contributed by atoms with Crippen LogP contribution in [0.4, 0.5) is 4.39 Å². The number of rotatable bonds is 2. The fourth-order valence-electron chi connectivity index (χ4n) is 3.36. The summed E-state index contributed by atoms with van der Waals surface area (Å²) < 4.78 is 14.1. The van der Waals surface area contributed by atoms with Gasteiger partial charge in [-0.15, -0.1) is 0 Å². The molecule has 2 aliphatic rings. The van der Waals surface area contributed by atoms with Gasteiger partial charge in [0.25, 0.3) is 0 Å². The van der Waals surface area contributed by atoms with Crippen LogP contribution in [0.2, 0.25) is 0 Å². The maximum absolute atomic E-state index is 13.5. The summed E-state index contributed by atoms with van der Waals surface area (Å²) in [5.74, 6) is -0.527. The Morgan fingerprint density at radius 1 is 1.24 bits per heavy atom. The van der Waals surface area contributed by atoms with E-state index in [0.717, 1.165) is 12.8 Å². The van der Waals surface area contributed by atoms with Crippen molar-refractivity contribution in [3.05, 3.63) is 34.1 Å². The summed E-state index contributed by atoms with van der Waals surface area (Å²) in [6.07, 6.45) is 3.23. The molecule has 1 heterocycles. The Kier molecular flexibility index (Phi) is 3.73. The molecule has 0 bridgehead atoms. The lowest BCUT2D eigenvalue weighted by atomic mass is 9.90. The average molecular weight is 355 g/mol. The number of hydrogen-bond acceptors (Lipinski definition) is 2. The molecular formula is C15H16BrFN2O2. The molecule has 4 nitrogen and oxygen atoms in total. The van der Waals surface area contributed by atoms with Gasteiger partial charge in [0.1, 0.15) is 11.4 Å². The fraction of sp³-hybridized carbons (Fsp3) is 0.467. The third kappa shape index (κ3) is 2.57. The van der Waals surface area contributed by atoms with Crippen molar-refractivity contribution in [3.8, 4) is 0 Å². The molecule has 21 heavy (non-hydrogen) atoms. The van der Waals surface area contributed by atoms with Gasteiger partial charge in [0.05, 0.1) is 6.54 Å². The van der Waals surface area contributed by atoms with Crippen molar-refractivity contribution in [2.45, 2.75) is 37.8 Å². The number of nitrogens with zero attached hydrogens (tertiary/aromatic N) is 1. The van der Waals surface area contributed by atoms with Crippen LogP contribution in [0, 0.1) is 5.82 Å². The van der Waals surface area contributed by atoms with Crippen molar-refractivity contribution in [2.75, 3.05) is 6.54 Å². The number of piperazine rings is 1. The molecule has 1 aromatic rings. The molecule has 3 rings (SSSR count). The minimum atomic E-state index is -0.742. The number of carbonyl (C=O) groups is 2. The summed E-state index contributed by atoms with van der Waals surface area (Å²) in [4.78, 5) is 26.2. The second-order valence-corrected chi connectivity index (χ2v) is 6.59. The first-order chi connectivity index (χ1) is 10.0. The van der Waals surface area contributed by atoms with Crippen LogP contribution in [0.25, 0.3) is 0 Å². The van der Waals surface area contributed by atoms with Gasteiger partial charge in [0.2, 0.25) is 11.8 Å². The Bertz CT molecular complexity index is 579. The van der Waals surface area contributed by atoms with E-state index in [2.05, 4.69) is 21.2 Å². The number of carbonyl (C=O) groups excluding carboxylic acids is 2. The zero-order valence-corrected chi connectivity index (χ0v) is 13.1. The Balaban J connectivity index is 1.93. The number of nitrogens with one attached hydrogen (secondary N) is 1. The van der Waals surface area contributed by atoms with Crippen molar-refractivity contribution in [2.24, 2.45) is 0 Å². The van der Waals surface area contributed by atoms with E-state index in [1.807, 2.05) is 0 Å². The predicted molar refractivity (Wildman–Crippen MR) is 78.9 cm³/mol. The summed E-state index contributed by atoms with van der Waals surface area (Å²) in [6, 6.07) is 4.57. The monoisotopic (exact) mass is 354 g/mol. The third-order valence-corrected chi connectivity index (χ3v) is 4.79. The van der Waals surface area contributed by atoms with E-state index in [4.69, 9.17) is 0 Å². The Morgan fingerprint density at radius 2 is 1.95 bits per heavy atom. The highest BCUT2D eigenvalue weighted by molar-refractivity contribution is 9.10. The van der Waals surface area contributed by atoms with E-state index in [9.17, 15) is 14.0 Å². The average Bonchev–Trinajstić information content (AvgIpc) is 2.89. The van der Waals surface area contributed by atoms with Gasteiger partial charge >= 0.3 is 0 Å². The number of halogens is 2. The number of benzene rings is 1. The molecule has 1 saturated carbocycles. The van der Waals surface area contributed by atoms with E-state index in [0.29, 0.717) is 22.9 Å². The van der Waals surface area contributed by atoms with Crippen molar-refractivity contribution < 1.29 is 14.0 Å². The van der Waals surface area contributed by atoms with E-state index in [1.54, 1.807) is 11.0 Å². The zero-order chi connectivity index (χ0) is 15.0. The first-order valence-electron chi connectivity index (χ1n) is 7.05. The molecule has 0 aromatic heterocycles. The lowest BCUT2D eigenvalue weighted by molar-refractivity contribution is -0.154. The van der Waals surface area contributed by atoms with Gasteiger partial charge in [-0.1, -0.05) is 28.8 Å². The van der Waals surface area contributed by atoms with E-state index in [1.165, 1.54) is 12.1 Å².